The van der Waals surface area contributed by atoms with Crippen LogP contribution < -0.4 is 11.1 Å². The molecule has 1 saturated heterocycles. The van der Waals surface area contributed by atoms with Crippen LogP contribution in [0.15, 0.2) is 54.6 Å². The number of nitrogens with one attached hydrogen (secondary N) is 1. The van der Waals surface area contributed by atoms with Gasteiger partial charge in [-0.25, -0.2) is 4.79 Å². The molecule has 3 N–H and O–H groups in total. The van der Waals surface area contributed by atoms with Crippen LogP contribution in [-0.2, 0) is 20.2 Å². The van der Waals surface area contributed by atoms with Crippen LogP contribution in [-0.4, -0.2) is 43.0 Å². The first kappa shape index (κ1) is 21.8. The lowest BCUT2D eigenvalue weighted by molar-refractivity contribution is -0.346. The highest BCUT2D eigenvalue weighted by atomic mass is 17.2. The summed E-state index contributed by atoms with van der Waals surface area (Å²) in [5.74, 6) is -0.812. The summed E-state index contributed by atoms with van der Waals surface area (Å²) in [6.07, 6.45) is 1.70. The molecule has 3 rings (SSSR count). The van der Waals surface area contributed by atoms with Gasteiger partial charge in [0.05, 0.1) is 5.56 Å². The van der Waals surface area contributed by atoms with E-state index in [2.05, 4.69) is 10.2 Å². The van der Waals surface area contributed by atoms with Gasteiger partial charge < -0.3 is 16.0 Å². The van der Waals surface area contributed by atoms with E-state index < -0.39 is 11.5 Å². The fourth-order valence-electron chi connectivity index (χ4n) is 3.69. The topological polar surface area (TPSA) is 93.9 Å². The fraction of sp³-hybridized carbons (Fsp3) is 0.391. The van der Waals surface area contributed by atoms with Crippen molar-refractivity contribution in [3.05, 3.63) is 65.7 Å². The number of anilines is 1. The Morgan fingerprint density at radius 1 is 1.07 bits per heavy atom. The van der Waals surface area contributed by atoms with Crippen LogP contribution in [0.1, 0.15) is 42.1 Å². The number of nitrogens with two attached hydrogens (primary N) is 1. The van der Waals surface area contributed by atoms with E-state index in [1.165, 1.54) is 0 Å². The number of carbonyl (C=O) groups is 2. The maximum atomic E-state index is 11.6. The minimum atomic E-state index is -0.630. The fourth-order valence-corrected chi connectivity index (χ4v) is 3.69. The number of hydrogen-bond acceptors (Lipinski definition) is 6. The number of piperidine rings is 1. The largest absolute Gasteiger partial charge is 0.383 e. The van der Waals surface area contributed by atoms with Gasteiger partial charge in [0.1, 0.15) is 5.60 Å². The summed E-state index contributed by atoms with van der Waals surface area (Å²) in [6.45, 7) is 4.85. The lowest BCUT2D eigenvalue weighted by atomic mass is 9.84. The van der Waals surface area contributed by atoms with Gasteiger partial charge in [-0.15, -0.1) is 0 Å². The summed E-state index contributed by atoms with van der Waals surface area (Å²) in [5.41, 5.74) is 7.06. The zero-order valence-electron chi connectivity index (χ0n) is 17.3. The van der Waals surface area contributed by atoms with Crippen molar-refractivity contribution < 1.29 is 19.4 Å². The number of primary amides is 1. The average Bonchev–Trinajstić information content (AvgIpc) is 2.79. The van der Waals surface area contributed by atoms with Gasteiger partial charge in [-0.2, -0.15) is 4.89 Å². The minimum Gasteiger partial charge on any atom is -0.383 e. The third-order valence-corrected chi connectivity index (χ3v) is 5.48. The molecule has 2 aromatic carbocycles. The molecule has 1 aliphatic heterocycles. The zero-order valence-corrected chi connectivity index (χ0v) is 17.3. The molecule has 0 atom stereocenters. The van der Waals surface area contributed by atoms with Crippen molar-refractivity contribution in [2.75, 3.05) is 31.5 Å². The molecule has 2 aromatic rings. The molecule has 1 fully saturated rings. The molecule has 0 aliphatic carbocycles. The van der Waals surface area contributed by atoms with E-state index in [1.807, 2.05) is 42.5 Å². The number of likely N-dealkylation sites (tertiary alicyclic amines) is 1. The predicted molar refractivity (Wildman–Crippen MR) is 115 cm³/mol. The Bertz CT molecular complexity index is 849. The van der Waals surface area contributed by atoms with Gasteiger partial charge in [-0.1, -0.05) is 49.4 Å². The van der Waals surface area contributed by atoms with Gasteiger partial charge in [-0.05, 0) is 30.5 Å². The van der Waals surface area contributed by atoms with E-state index in [4.69, 9.17) is 15.5 Å². The Balaban J connectivity index is 1.57. The Hall–Kier alpha value is -2.90. The monoisotopic (exact) mass is 411 g/mol. The Morgan fingerprint density at radius 3 is 2.40 bits per heavy atom. The summed E-state index contributed by atoms with van der Waals surface area (Å²) in [6, 6.07) is 17.2. The molecular weight excluding hydrogens is 382 g/mol. The Labute approximate surface area is 177 Å². The molecule has 1 amide bonds. The van der Waals surface area contributed by atoms with Crippen LogP contribution in [0.3, 0.4) is 0 Å². The summed E-state index contributed by atoms with van der Waals surface area (Å²) in [7, 11) is 0. The maximum absolute atomic E-state index is 11.6. The molecule has 0 aromatic heterocycles. The highest BCUT2D eigenvalue weighted by Crippen LogP contribution is 2.37. The second kappa shape index (κ2) is 10.2. The highest BCUT2D eigenvalue weighted by molar-refractivity contribution is 5.98. The first-order valence-corrected chi connectivity index (χ1v) is 10.3. The summed E-state index contributed by atoms with van der Waals surface area (Å²) in [5, 5.41) is 3.30. The predicted octanol–water partition coefficient (Wildman–Crippen LogP) is 3.07. The molecule has 0 spiro atoms. The van der Waals surface area contributed by atoms with Crippen molar-refractivity contribution in [2.45, 2.75) is 31.8 Å². The molecule has 7 heteroatoms. The van der Waals surface area contributed by atoms with Crippen molar-refractivity contribution >= 4 is 17.6 Å². The second-order valence-electron chi connectivity index (χ2n) is 7.43. The van der Waals surface area contributed by atoms with Crippen LogP contribution in [0.4, 0.5) is 5.69 Å². The molecule has 7 nitrogen and oxygen atoms in total. The van der Waals surface area contributed by atoms with E-state index in [1.54, 1.807) is 19.1 Å². The minimum absolute atomic E-state index is 0.273. The van der Waals surface area contributed by atoms with Crippen LogP contribution in [0.5, 0.6) is 0 Å². The van der Waals surface area contributed by atoms with Gasteiger partial charge in [-0.3, -0.25) is 9.68 Å². The van der Waals surface area contributed by atoms with E-state index in [0.717, 1.165) is 30.9 Å². The third kappa shape index (κ3) is 5.37. The van der Waals surface area contributed by atoms with Crippen LogP contribution in [0.2, 0.25) is 0 Å². The number of carbonyl (C=O) groups excluding carboxylic acids is 2. The lowest BCUT2D eigenvalue weighted by Crippen LogP contribution is -2.45. The van der Waals surface area contributed by atoms with Gasteiger partial charge in [0.2, 0.25) is 0 Å². The number of rotatable bonds is 9. The summed E-state index contributed by atoms with van der Waals surface area (Å²) >= 11 is 0. The van der Waals surface area contributed by atoms with Crippen LogP contribution in [0.25, 0.3) is 0 Å². The molecule has 0 bridgehead atoms. The van der Waals surface area contributed by atoms with E-state index in [-0.39, 0.29) is 12.4 Å². The van der Waals surface area contributed by atoms with E-state index in [0.29, 0.717) is 24.9 Å². The molecular formula is C23H29N3O4. The molecule has 0 saturated carbocycles. The third-order valence-electron chi connectivity index (χ3n) is 5.48. The Morgan fingerprint density at radius 2 is 1.73 bits per heavy atom. The number of para-hydroxylation sites is 1. The summed E-state index contributed by atoms with van der Waals surface area (Å²) in [4.78, 5) is 36.3. The number of nitrogens with zero attached hydrogens (tertiary/aromatic N) is 1. The van der Waals surface area contributed by atoms with Crippen molar-refractivity contribution in [3.63, 3.8) is 0 Å². The quantitative estimate of drug-likeness (QED) is 0.487. The number of amides is 1. The molecule has 0 unspecified atom stereocenters. The van der Waals surface area contributed by atoms with Crippen molar-refractivity contribution in [1.29, 1.82) is 0 Å². The normalized spacial score (nSPS) is 16.0. The molecule has 1 heterocycles. The number of hydrogen-bond donors (Lipinski definition) is 2. The average molecular weight is 412 g/mol. The lowest BCUT2D eigenvalue weighted by Gasteiger charge is -2.40. The standard InChI is InChI=1S/C23H29N3O4/c1-2-21(27)29-30-23(18-8-4-3-5-9-18)12-15-26(16-13-23)17-14-25-20-11-7-6-10-19(20)22(24)28/h3-11,25H,2,12-17H2,1H3,(H2,24,28). The van der Waals surface area contributed by atoms with Gasteiger partial charge >= 0.3 is 5.97 Å². The molecule has 0 radical (unpaired) electrons. The smallest absolute Gasteiger partial charge is 0.342 e. The second-order valence-corrected chi connectivity index (χ2v) is 7.43. The number of benzene rings is 2. The highest BCUT2D eigenvalue weighted by Gasteiger charge is 2.39. The molecule has 160 valence electrons. The van der Waals surface area contributed by atoms with Crippen molar-refractivity contribution in [2.24, 2.45) is 5.73 Å². The van der Waals surface area contributed by atoms with Gasteiger partial charge in [0.25, 0.3) is 5.91 Å². The maximum Gasteiger partial charge on any atom is 0.342 e. The zero-order chi connectivity index (χ0) is 21.4. The first-order chi connectivity index (χ1) is 14.5. The summed E-state index contributed by atoms with van der Waals surface area (Å²) < 4.78 is 0. The molecule has 1 aliphatic rings. The van der Waals surface area contributed by atoms with Gasteiger partial charge in [0, 0.05) is 38.3 Å². The van der Waals surface area contributed by atoms with Crippen molar-refractivity contribution in [1.82, 2.24) is 4.90 Å². The van der Waals surface area contributed by atoms with Crippen molar-refractivity contribution in [3.8, 4) is 0 Å². The Kier molecular flexibility index (Phi) is 7.43. The first-order valence-electron chi connectivity index (χ1n) is 10.3. The van der Waals surface area contributed by atoms with E-state index in [9.17, 15) is 9.59 Å². The van der Waals surface area contributed by atoms with Gasteiger partial charge in [0.15, 0.2) is 0 Å². The van der Waals surface area contributed by atoms with Crippen LogP contribution >= 0.6 is 0 Å². The molecule has 30 heavy (non-hydrogen) atoms. The van der Waals surface area contributed by atoms with Crippen LogP contribution in [0, 0.1) is 0 Å². The SMILES string of the molecule is CCC(=O)OOC1(c2ccccc2)CCN(CCNc2ccccc2C(N)=O)CC1. The van der Waals surface area contributed by atoms with E-state index >= 15 is 0 Å².